The van der Waals surface area contributed by atoms with Crippen LogP contribution in [-0.4, -0.2) is 41.9 Å². The van der Waals surface area contributed by atoms with Crippen LogP contribution >= 0.6 is 0 Å². The lowest BCUT2D eigenvalue weighted by atomic mass is 9.99. The van der Waals surface area contributed by atoms with Crippen LogP contribution in [0.25, 0.3) is 5.57 Å². The molecule has 0 spiro atoms. The first-order valence-corrected chi connectivity index (χ1v) is 9.87. The first kappa shape index (κ1) is 21.1. The van der Waals surface area contributed by atoms with Gasteiger partial charge in [0.25, 0.3) is 12.3 Å². The number of ether oxygens (including phenoxy) is 2. The number of carbonyl (C=O) groups excluding carboxylic acids is 1. The van der Waals surface area contributed by atoms with Crippen LogP contribution in [0.15, 0.2) is 30.5 Å². The molecule has 164 valence electrons. The first-order chi connectivity index (χ1) is 14.9. The van der Waals surface area contributed by atoms with Crippen molar-refractivity contribution in [3.8, 4) is 5.75 Å². The SMILES string of the molecule is NC(=O)c1nc(C2CC2)cnc1Nc1cccc(C2=CCOCC2)c1OC(F)C(F)F. The summed E-state index contributed by atoms with van der Waals surface area (Å²) in [6.45, 7) is 0.789. The normalized spacial score (nSPS) is 17.2. The van der Waals surface area contributed by atoms with E-state index in [0.29, 0.717) is 30.9 Å². The Morgan fingerprint density at radius 1 is 1.29 bits per heavy atom. The monoisotopic (exact) mass is 434 g/mol. The van der Waals surface area contributed by atoms with Gasteiger partial charge in [-0.25, -0.2) is 18.7 Å². The largest absolute Gasteiger partial charge is 0.452 e. The van der Waals surface area contributed by atoms with Crippen molar-refractivity contribution < 1.29 is 27.4 Å². The summed E-state index contributed by atoms with van der Waals surface area (Å²) >= 11 is 0. The van der Waals surface area contributed by atoms with Crippen molar-refractivity contribution in [3.63, 3.8) is 0 Å². The number of alkyl halides is 3. The van der Waals surface area contributed by atoms with Gasteiger partial charge in [-0.2, -0.15) is 4.39 Å². The third-order valence-electron chi connectivity index (χ3n) is 5.03. The van der Waals surface area contributed by atoms with Gasteiger partial charge in [0.05, 0.1) is 30.8 Å². The molecule has 1 saturated carbocycles. The second-order valence-corrected chi connectivity index (χ2v) is 7.30. The van der Waals surface area contributed by atoms with E-state index in [9.17, 15) is 18.0 Å². The van der Waals surface area contributed by atoms with Crippen LogP contribution in [0.2, 0.25) is 0 Å². The molecule has 3 N–H and O–H groups in total. The van der Waals surface area contributed by atoms with Crippen molar-refractivity contribution in [3.05, 3.63) is 47.4 Å². The van der Waals surface area contributed by atoms with Gasteiger partial charge in [0.15, 0.2) is 17.3 Å². The third kappa shape index (κ3) is 4.79. The summed E-state index contributed by atoms with van der Waals surface area (Å²) < 4.78 is 50.0. The van der Waals surface area contributed by atoms with E-state index in [4.69, 9.17) is 15.2 Å². The molecule has 10 heteroatoms. The predicted octanol–water partition coefficient (Wildman–Crippen LogP) is 3.94. The maximum absolute atomic E-state index is 13.9. The number of hydrogen-bond acceptors (Lipinski definition) is 6. The van der Waals surface area contributed by atoms with E-state index < -0.39 is 18.7 Å². The number of halogens is 3. The molecule has 1 aliphatic heterocycles. The van der Waals surface area contributed by atoms with Gasteiger partial charge in [0.1, 0.15) is 0 Å². The molecule has 2 aromatic rings. The van der Waals surface area contributed by atoms with Crippen molar-refractivity contribution in [2.24, 2.45) is 5.73 Å². The summed E-state index contributed by atoms with van der Waals surface area (Å²) in [6.07, 6.45) is -0.412. The first-order valence-electron chi connectivity index (χ1n) is 9.87. The molecule has 1 fully saturated rings. The van der Waals surface area contributed by atoms with E-state index in [-0.39, 0.29) is 28.9 Å². The lowest BCUT2D eigenvalue weighted by Crippen LogP contribution is -2.21. The van der Waals surface area contributed by atoms with Crippen molar-refractivity contribution in [1.82, 2.24) is 9.97 Å². The number of nitrogens with two attached hydrogens (primary N) is 1. The Bertz CT molecular complexity index is 1010. The van der Waals surface area contributed by atoms with E-state index >= 15 is 0 Å². The number of hydrogen-bond donors (Lipinski definition) is 2. The van der Waals surface area contributed by atoms with E-state index in [1.807, 2.05) is 0 Å². The lowest BCUT2D eigenvalue weighted by Gasteiger charge is -2.22. The lowest BCUT2D eigenvalue weighted by molar-refractivity contribution is -0.0666. The fourth-order valence-corrected chi connectivity index (χ4v) is 3.32. The summed E-state index contributed by atoms with van der Waals surface area (Å²) in [5, 5.41) is 2.86. The zero-order valence-corrected chi connectivity index (χ0v) is 16.5. The number of carbonyl (C=O) groups is 1. The topological polar surface area (TPSA) is 99.4 Å². The molecular weight excluding hydrogens is 413 g/mol. The van der Waals surface area contributed by atoms with Crippen LogP contribution in [0.4, 0.5) is 24.7 Å². The molecule has 1 aromatic heterocycles. The molecule has 1 aromatic carbocycles. The van der Waals surface area contributed by atoms with Crippen LogP contribution in [0.5, 0.6) is 5.75 Å². The minimum Gasteiger partial charge on any atom is -0.452 e. The van der Waals surface area contributed by atoms with Gasteiger partial charge < -0.3 is 20.5 Å². The van der Waals surface area contributed by atoms with E-state index in [1.54, 1.807) is 18.2 Å². The van der Waals surface area contributed by atoms with E-state index in [2.05, 4.69) is 15.3 Å². The molecule has 4 rings (SSSR count). The molecule has 1 aliphatic carbocycles. The minimum absolute atomic E-state index is 0.0345. The molecule has 7 nitrogen and oxygen atoms in total. The molecule has 1 atom stereocenters. The Hall–Kier alpha value is -3.14. The molecule has 0 bridgehead atoms. The van der Waals surface area contributed by atoms with Gasteiger partial charge in [0, 0.05) is 11.5 Å². The molecular formula is C21H21F3N4O3. The molecule has 31 heavy (non-hydrogen) atoms. The average Bonchev–Trinajstić information content (AvgIpc) is 3.61. The number of anilines is 2. The predicted molar refractivity (Wildman–Crippen MR) is 107 cm³/mol. The van der Waals surface area contributed by atoms with Gasteiger partial charge in [-0.15, -0.1) is 0 Å². The summed E-state index contributed by atoms with van der Waals surface area (Å²) in [4.78, 5) is 20.5. The third-order valence-corrected chi connectivity index (χ3v) is 5.03. The molecule has 0 radical (unpaired) electrons. The summed E-state index contributed by atoms with van der Waals surface area (Å²) in [5.74, 6) is -0.626. The second-order valence-electron chi connectivity index (χ2n) is 7.30. The highest BCUT2D eigenvalue weighted by molar-refractivity contribution is 5.96. The number of aromatic nitrogens is 2. The van der Waals surface area contributed by atoms with Crippen LogP contribution in [0, 0.1) is 0 Å². The Labute approximate surface area is 176 Å². The summed E-state index contributed by atoms with van der Waals surface area (Å²) in [7, 11) is 0. The highest BCUT2D eigenvalue weighted by Gasteiger charge is 2.28. The quantitative estimate of drug-likeness (QED) is 0.653. The van der Waals surface area contributed by atoms with Crippen LogP contribution in [-0.2, 0) is 4.74 Å². The van der Waals surface area contributed by atoms with Crippen molar-refractivity contribution in [1.29, 1.82) is 0 Å². The van der Waals surface area contributed by atoms with Gasteiger partial charge in [-0.1, -0.05) is 18.2 Å². The van der Waals surface area contributed by atoms with E-state index in [1.165, 1.54) is 12.3 Å². The van der Waals surface area contributed by atoms with E-state index in [0.717, 1.165) is 18.4 Å². The summed E-state index contributed by atoms with van der Waals surface area (Å²) in [5.41, 5.74) is 7.42. The number of nitrogens with one attached hydrogen (secondary N) is 1. The Balaban J connectivity index is 1.74. The Morgan fingerprint density at radius 3 is 2.74 bits per heavy atom. The number of amides is 1. The van der Waals surface area contributed by atoms with Crippen LogP contribution in [0.3, 0.4) is 0 Å². The average molecular weight is 434 g/mol. The molecule has 1 amide bonds. The Kier molecular flexibility index (Phi) is 6.08. The fraction of sp³-hybridized carbons (Fsp3) is 0.381. The highest BCUT2D eigenvalue weighted by Crippen LogP contribution is 2.41. The van der Waals surface area contributed by atoms with Gasteiger partial charge in [-0.05, 0) is 30.9 Å². The molecule has 2 aliphatic rings. The minimum atomic E-state index is -3.33. The smallest absolute Gasteiger partial charge is 0.304 e. The number of para-hydroxylation sites is 1. The number of nitrogens with zero attached hydrogens (tertiary/aromatic N) is 2. The van der Waals surface area contributed by atoms with Gasteiger partial charge in [0.2, 0.25) is 0 Å². The number of primary amides is 1. The molecule has 2 heterocycles. The standard InChI is InChI=1S/C21H21F3N4O3/c22-18(23)19(24)31-17-13(11-6-8-30-9-7-11)2-1-3-14(17)28-21-16(20(25)29)27-15(10-26-21)12-4-5-12/h1-3,6,10,12,18-19H,4-5,7-9H2,(H2,25,29)(H,26,28). The van der Waals surface area contributed by atoms with Crippen molar-refractivity contribution in [2.75, 3.05) is 18.5 Å². The molecule has 1 unspecified atom stereocenters. The zero-order chi connectivity index (χ0) is 22.0. The van der Waals surface area contributed by atoms with Crippen LogP contribution < -0.4 is 15.8 Å². The number of benzene rings is 1. The maximum Gasteiger partial charge on any atom is 0.304 e. The van der Waals surface area contributed by atoms with Gasteiger partial charge >= 0.3 is 6.43 Å². The fourth-order valence-electron chi connectivity index (χ4n) is 3.32. The zero-order valence-electron chi connectivity index (χ0n) is 16.5. The van der Waals surface area contributed by atoms with Gasteiger partial charge in [-0.3, -0.25) is 4.79 Å². The second kappa shape index (κ2) is 8.93. The van der Waals surface area contributed by atoms with Crippen molar-refractivity contribution >= 4 is 23.0 Å². The number of rotatable bonds is 8. The summed E-state index contributed by atoms with van der Waals surface area (Å²) in [6, 6.07) is 4.82. The van der Waals surface area contributed by atoms with Crippen molar-refractivity contribution in [2.45, 2.75) is 38.0 Å². The Morgan fingerprint density at radius 2 is 2.10 bits per heavy atom. The van der Waals surface area contributed by atoms with Crippen LogP contribution in [0.1, 0.15) is 46.9 Å². The molecule has 0 saturated heterocycles. The highest BCUT2D eigenvalue weighted by atomic mass is 19.3. The maximum atomic E-state index is 13.9.